The van der Waals surface area contributed by atoms with Crippen LogP contribution >= 0.6 is 0 Å². The summed E-state index contributed by atoms with van der Waals surface area (Å²) < 4.78 is 21.1. The number of aryl methyl sites for hydroxylation is 1. The molecule has 3 aromatic rings. The third kappa shape index (κ3) is 4.49. The highest BCUT2D eigenvalue weighted by Gasteiger charge is 2.42. The van der Waals surface area contributed by atoms with Crippen LogP contribution < -0.4 is 10.1 Å². The molecule has 1 atom stereocenters. The highest BCUT2D eigenvalue weighted by Crippen LogP contribution is 2.31. The second-order valence-corrected chi connectivity index (χ2v) is 8.38. The smallest absolute Gasteiger partial charge is 0.242 e. The van der Waals surface area contributed by atoms with Gasteiger partial charge in [0.2, 0.25) is 5.91 Å². The molecule has 2 heterocycles. The van der Waals surface area contributed by atoms with Crippen molar-refractivity contribution in [2.24, 2.45) is 4.99 Å². The summed E-state index contributed by atoms with van der Waals surface area (Å²) in [5, 5.41) is 3.17. The van der Waals surface area contributed by atoms with Crippen molar-refractivity contribution >= 4 is 17.8 Å². The molecule has 2 aromatic carbocycles. The lowest BCUT2D eigenvalue weighted by atomic mass is 9.87. The fourth-order valence-corrected chi connectivity index (χ4v) is 4.25. The van der Waals surface area contributed by atoms with E-state index in [0.29, 0.717) is 18.1 Å². The predicted molar refractivity (Wildman–Crippen MR) is 131 cm³/mol. The lowest BCUT2D eigenvalue weighted by Gasteiger charge is -2.45. The zero-order chi connectivity index (χ0) is 24.3. The first-order valence-corrected chi connectivity index (χ1v) is 11.0. The molecular weight excluding hydrogens is 433 g/mol. The number of halogens is 1. The first-order chi connectivity index (χ1) is 16.4. The lowest BCUT2D eigenvalue weighted by Crippen LogP contribution is -2.62. The Morgan fingerprint density at radius 2 is 2.03 bits per heavy atom. The van der Waals surface area contributed by atoms with Gasteiger partial charge in [0.15, 0.2) is 0 Å². The number of methoxy groups -OCH3 is 1. The van der Waals surface area contributed by atoms with Gasteiger partial charge in [0.05, 0.1) is 36.9 Å². The summed E-state index contributed by atoms with van der Waals surface area (Å²) in [4.78, 5) is 23.4. The number of carbonyl (C=O) groups is 1. The summed E-state index contributed by atoms with van der Waals surface area (Å²) in [6, 6.07) is 12.1. The van der Waals surface area contributed by atoms with Gasteiger partial charge in [-0.1, -0.05) is 24.3 Å². The number of hydrogen-bond acceptors (Lipinski definition) is 5. The van der Waals surface area contributed by atoms with Crippen LogP contribution in [-0.2, 0) is 10.3 Å². The van der Waals surface area contributed by atoms with Crippen LogP contribution in [-0.4, -0.2) is 53.4 Å². The normalized spacial score (nSPS) is 19.1. The fraction of sp³-hybridized carbons (Fsp3) is 0.269. The number of carbonyl (C=O) groups excluding carboxylic acids is 1. The summed E-state index contributed by atoms with van der Waals surface area (Å²) in [7, 11) is 3.29. The Balaban J connectivity index is 1.65. The number of amides is 1. The van der Waals surface area contributed by atoms with Crippen LogP contribution in [0.15, 0.2) is 66.1 Å². The molecule has 1 N–H and O–H groups in total. The molecular formula is C26H28FN5O2. The van der Waals surface area contributed by atoms with Gasteiger partial charge in [-0.25, -0.2) is 9.37 Å². The molecule has 34 heavy (non-hydrogen) atoms. The molecule has 8 heteroatoms. The van der Waals surface area contributed by atoms with Gasteiger partial charge < -0.3 is 14.6 Å². The maximum atomic E-state index is 13.5. The topological polar surface area (TPSA) is 71.8 Å². The van der Waals surface area contributed by atoms with Crippen LogP contribution in [0.1, 0.15) is 23.7 Å². The molecule has 0 bridgehead atoms. The zero-order valence-corrected chi connectivity index (χ0v) is 19.7. The van der Waals surface area contributed by atoms with Gasteiger partial charge in [-0.15, -0.1) is 0 Å². The molecule has 0 spiro atoms. The van der Waals surface area contributed by atoms with Gasteiger partial charge >= 0.3 is 0 Å². The van der Waals surface area contributed by atoms with Crippen LogP contribution in [0.25, 0.3) is 11.8 Å². The molecule has 176 valence electrons. The van der Waals surface area contributed by atoms with Crippen molar-refractivity contribution in [2.45, 2.75) is 19.4 Å². The number of rotatable bonds is 5. The Hall–Kier alpha value is -3.78. The highest BCUT2D eigenvalue weighted by molar-refractivity contribution is 6.07. The van der Waals surface area contributed by atoms with Crippen LogP contribution in [0.3, 0.4) is 0 Å². The Labute approximate surface area is 198 Å². The zero-order valence-electron chi connectivity index (χ0n) is 19.7. The number of nitrogens with one attached hydrogen (secondary N) is 1. The van der Waals surface area contributed by atoms with E-state index in [0.717, 1.165) is 22.5 Å². The van der Waals surface area contributed by atoms with Crippen LogP contribution in [0.2, 0.25) is 0 Å². The second-order valence-electron chi connectivity index (χ2n) is 8.38. The van der Waals surface area contributed by atoms with Crippen molar-refractivity contribution in [1.82, 2.24) is 19.8 Å². The number of nitrogens with zero attached hydrogens (tertiary/aromatic N) is 4. The fourth-order valence-electron chi connectivity index (χ4n) is 4.25. The average molecular weight is 462 g/mol. The van der Waals surface area contributed by atoms with E-state index in [1.165, 1.54) is 12.1 Å². The number of aliphatic imine (C=N–C) groups is 1. The molecule has 1 aromatic heterocycles. The maximum Gasteiger partial charge on any atom is 0.242 e. The van der Waals surface area contributed by atoms with Gasteiger partial charge in [-0.3, -0.25) is 14.7 Å². The van der Waals surface area contributed by atoms with Crippen molar-refractivity contribution < 1.29 is 13.9 Å². The summed E-state index contributed by atoms with van der Waals surface area (Å²) in [5.74, 6) is 0.795. The van der Waals surface area contributed by atoms with E-state index in [-0.39, 0.29) is 18.3 Å². The number of piperazine rings is 1. The molecule has 1 unspecified atom stereocenters. The first-order valence-electron chi connectivity index (χ1n) is 11.0. The standard InChI is InChI=1S/C26H28FN5O2/c1-18-15-31(17-30-18)22-11-5-19(13-23(22)34-4)6-12-24(28-3)32-25(33)14-29-16-26(32,2)20-7-9-21(27)10-8-20/h5-13,15,17,29H,14,16H2,1-4H3. The quantitative estimate of drug-likeness (QED) is 0.464. The van der Waals surface area contributed by atoms with E-state index in [1.807, 2.05) is 55.0 Å². The van der Waals surface area contributed by atoms with Crippen molar-refractivity contribution in [3.63, 3.8) is 0 Å². The van der Waals surface area contributed by atoms with E-state index in [4.69, 9.17) is 4.74 Å². The van der Waals surface area contributed by atoms with Crippen molar-refractivity contribution in [2.75, 3.05) is 27.2 Å². The maximum absolute atomic E-state index is 13.5. The summed E-state index contributed by atoms with van der Waals surface area (Å²) in [6.07, 6.45) is 7.40. The van der Waals surface area contributed by atoms with Crippen LogP contribution in [0.5, 0.6) is 5.75 Å². The first kappa shape index (κ1) is 23.4. The molecule has 1 fully saturated rings. The second kappa shape index (κ2) is 9.61. The van der Waals surface area contributed by atoms with E-state index in [1.54, 1.807) is 37.5 Å². The number of benzene rings is 2. The summed E-state index contributed by atoms with van der Waals surface area (Å²) in [6.45, 7) is 4.61. The minimum Gasteiger partial charge on any atom is -0.495 e. The minimum atomic E-state index is -0.719. The molecule has 1 amide bonds. The highest BCUT2D eigenvalue weighted by atomic mass is 19.1. The van der Waals surface area contributed by atoms with E-state index < -0.39 is 5.54 Å². The van der Waals surface area contributed by atoms with E-state index in [9.17, 15) is 9.18 Å². The summed E-state index contributed by atoms with van der Waals surface area (Å²) in [5.41, 5.74) is 2.80. The number of aromatic nitrogens is 2. The van der Waals surface area contributed by atoms with Gasteiger partial charge in [0.25, 0.3) is 0 Å². The Bertz CT molecular complexity index is 1250. The third-order valence-electron chi connectivity index (χ3n) is 6.03. The Kier molecular flexibility index (Phi) is 6.61. The third-order valence-corrected chi connectivity index (χ3v) is 6.03. The monoisotopic (exact) mass is 461 g/mol. The number of hydrogen-bond donors (Lipinski definition) is 1. The largest absolute Gasteiger partial charge is 0.495 e. The molecule has 7 nitrogen and oxygen atoms in total. The number of ether oxygens (including phenoxy) is 1. The predicted octanol–water partition coefficient (Wildman–Crippen LogP) is 3.72. The van der Waals surface area contributed by atoms with Crippen molar-refractivity contribution in [3.05, 3.63) is 83.7 Å². The van der Waals surface area contributed by atoms with Crippen LogP contribution in [0.4, 0.5) is 4.39 Å². The lowest BCUT2D eigenvalue weighted by molar-refractivity contribution is -0.133. The van der Waals surface area contributed by atoms with Crippen LogP contribution in [0, 0.1) is 12.7 Å². The SMILES string of the molecule is CN=C(C=Cc1ccc(-n2cnc(C)c2)c(OC)c1)N1C(=O)CNCC1(C)c1ccc(F)cc1. The molecule has 1 aliphatic rings. The Morgan fingerprint density at radius 3 is 2.68 bits per heavy atom. The van der Waals surface area contributed by atoms with Gasteiger partial charge in [-0.2, -0.15) is 0 Å². The van der Waals surface area contributed by atoms with Gasteiger partial charge in [-0.05, 0) is 55.3 Å². The molecule has 4 rings (SSSR count). The molecule has 0 saturated carbocycles. The minimum absolute atomic E-state index is 0.105. The summed E-state index contributed by atoms with van der Waals surface area (Å²) >= 11 is 0. The average Bonchev–Trinajstić information content (AvgIpc) is 3.27. The van der Waals surface area contributed by atoms with Crippen molar-refractivity contribution in [3.8, 4) is 11.4 Å². The number of imidazole rings is 1. The van der Waals surface area contributed by atoms with Gasteiger partial charge in [0.1, 0.15) is 17.4 Å². The molecule has 0 aliphatic carbocycles. The molecule has 1 aliphatic heterocycles. The van der Waals surface area contributed by atoms with E-state index in [2.05, 4.69) is 15.3 Å². The van der Waals surface area contributed by atoms with Crippen molar-refractivity contribution in [1.29, 1.82) is 0 Å². The number of amidine groups is 1. The Morgan fingerprint density at radius 1 is 1.26 bits per heavy atom. The van der Waals surface area contributed by atoms with Gasteiger partial charge in [0, 0.05) is 19.8 Å². The van der Waals surface area contributed by atoms with E-state index >= 15 is 0 Å². The molecule has 1 saturated heterocycles. The molecule has 0 radical (unpaired) electrons.